The van der Waals surface area contributed by atoms with Crippen LogP contribution in [-0.2, 0) is 7.05 Å². The molecule has 2 heterocycles. The summed E-state index contributed by atoms with van der Waals surface area (Å²) in [4.78, 5) is 2.36. The molecule has 0 N–H and O–H groups in total. The normalized spacial score (nSPS) is 12.7. The molecule has 1 aliphatic rings. The van der Waals surface area contributed by atoms with Gasteiger partial charge in [-0.25, -0.2) is 0 Å². The van der Waals surface area contributed by atoms with E-state index in [0.29, 0.717) is 0 Å². The summed E-state index contributed by atoms with van der Waals surface area (Å²) in [6.45, 7) is 2.16. The molecule has 0 amide bonds. The van der Waals surface area contributed by atoms with Crippen molar-refractivity contribution in [2.24, 2.45) is 7.05 Å². The molecule has 3 aromatic carbocycles. The van der Waals surface area contributed by atoms with Gasteiger partial charge in [0.15, 0.2) is 0 Å². The lowest BCUT2D eigenvalue weighted by Crippen LogP contribution is -2.32. The lowest BCUT2D eigenvalue weighted by Gasteiger charge is -2.30. The number of nitrogens with zero attached hydrogens (tertiary/aromatic N) is 2. The molecular formula is C22H19N2+. The molecule has 4 aromatic rings. The molecule has 1 aromatic heterocycles. The van der Waals surface area contributed by atoms with Crippen LogP contribution >= 0.6 is 0 Å². The Morgan fingerprint density at radius 1 is 0.833 bits per heavy atom. The van der Waals surface area contributed by atoms with Crippen molar-refractivity contribution in [3.8, 4) is 11.1 Å². The summed E-state index contributed by atoms with van der Waals surface area (Å²) in [6, 6.07) is 22.1. The first kappa shape index (κ1) is 13.6. The van der Waals surface area contributed by atoms with E-state index in [-0.39, 0.29) is 0 Å². The van der Waals surface area contributed by atoms with E-state index in [2.05, 4.69) is 91.1 Å². The van der Waals surface area contributed by atoms with E-state index in [1.54, 1.807) is 0 Å². The third-order valence-electron chi connectivity index (χ3n) is 5.30. The lowest BCUT2D eigenvalue weighted by atomic mass is 9.91. The number of rotatable bonds is 0. The van der Waals surface area contributed by atoms with Crippen LogP contribution in [0.15, 0.2) is 60.7 Å². The fraction of sp³-hybridized carbons (Fsp3) is 0.136. The van der Waals surface area contributed by atoms with Gasteiger partial charge in [-0.15, -0.1) is 0 Å². The highest BCUT2D eigenvalue weighted by atomic mass is 15.1. The number of hydrogen-bond acceptors (Lipinski definition) is 1. The van der Waals surface area contributed by atoms with Gasteiger partial charge in [0, 0.05) is 30.4 Å². The van der Waals surface area contributed by atoms with Crippen LogP contribution in [0.1, 0.15) is 5.56 Å². The fourth-order valence-corrected chi connectivity index (χ4v) is 4.14. The fourth-order valence-electron chi connectivity index (χ4n) is 4.14. The summed E-state index contributed by atoms with van der Waals surface area (Å²) < 4.78 is 2.31. The summed E-state index contributed by atoms with van der Waals surface area (Å²) in [5.74, 6) is 0. The summed E-state index contributed by atoms with van der Waals surface area (Å²) in [6.07, 6.45) is 0. The van der Waals surface area contributed by atoms with Gasteiger partial charge in [0.05, 0.1) is 16.5 Å². The van der Waals surface area contributed by atoms with Crippen LogP contribution in [0.5, 0.6) is 0 Å². The van der Waals surface area contributed by atoms with Gasteiger partial charge in [0.25, 0.3) is 0 Å². The van der Waals surface area contributed by atoms with Crippen LogP contribution in [0, 0.1) is 6.92 Å². The second kappa shape index (κ2) is 4.57. The van der Waals surface area contributed by atoms with E-state index in [9.17, 15) is 0 Å². The Balaban J connectivity index is 2.08. The molecule has 2 nitrogen and oxygen atoms in total. The monoisotopic (exact) mass is 311 g/mol. The van der Waals surface area contributed by atoms with E-state index in [4.69, 9.17) is 0 Å². The predicted molar refractivity (Wildman–Crippen MR) is 101 cm³/mol. The molecule has 0 unspecified atom stereocenters. The Labute approximate surface area is 141 Å². The van der Waals surface area contributed by atoms with Crippen molar-refractivity contribution in [1.82, 2.24) is 0 Å². The van der Waals surface area contributed by atoms with Gasteiger partial charge >= 0.3 is 0 Å². The number of benzene rings is 3. The van der Waals surface area contributed by atoms with Gasteiger partial charge in [-0.1, -0.05) is 36.4 Å². The number of anilines is 2. The van der Waals surface area contributed by atoms with E-state index >= 15 is 0 Å². The molecule has 0 spiro atoms. The van der Waals surface area contributed by atoms with E-state index in [1.165, 1.54) is 49.9 Å². The van der Waals surface area contributed by atoms with Gasteiger partial charge in [0.2, 0.25) is 11.0 Å². The Kier molecular flexibility index (Phi) is 2.58. The maximum Gasteiger partial charge on any atom is 0.215 e. The molecule has 0 radical (unpaired) electrons. The number of aromatic nitrogens is 1. The highest BCUT2D eigenvalue weighted by Crippen LogP contribution is 2.48. The zero-order chi connectivity index (χ0) is 16.4. The first-order valence-corrected chi connectivity index (χ1v) is 8.35. The van der Waals surface area contributed by atoms with Gasteiger partial charge < -0.3 is 4.90 Å². The molecule has 5 rings (SSSR count). The topological polar surface area (TPSA) is 7.12 Å². The quantitative estimate of drug-likeness (QED) is 0.332. The van der Waals surface area contributed by atoms with Gasteiger partial charge in [-0.2, -0.15) is 4.57 Å². The largest absolute Gasteiger partial charge is 0.343 e. The Morgan fingerprint density at radius 3 is 2.50 bits per heavy atom. The minimum atomic E-state index is 1.26. The number of hydrogen-bond donors (Lipinski definition) is 0. The number of aryl methyl sites for hydroxylation is 2. The molecule has 0 saturated heterocycles. The maximum absolute atomic E-state index is 2.36. The van der Waals surface area contributed by atoms with Crippen LogP contribution in [0.2, 0.25) is 0 Å². The molecule has 24 heavy (non-hydrogen) atoms. The minimum Gasteiger partial charge on any atom is -0.343 e. The van der Waals surface area contributed by atoms with Crippen LogP contribution in [0.25, 0.3) is 32.9 Å². The first-order chi connectivity index (χ1) is 11.7. The standard InChI is InChI=1S/C22H19N2/c1-14-11-12-15-16-8-6-10-19-21(16)22(24(3)20(15)13-14)17-7-4-5-9-18(17)23(19)2/h4-13H,1-3H3/q+1. The van der Waals surface area contributed by atoms with E-state index < -0.39 is 0 Å². The number of para-hydroxylation sites is 1. The smallest absolute Gasteiger partial charge is 0.215 e. The molecular weight excluding hydrogens is 292 g/mol. The summed E-state index contributed by atoms with van der Waals surface area (Å²) in [5, 5.41) is 2.65. The van der Waals surface area contributed by atoms with Crippen LogP contribution in [-0.4, -0.2) is 7.05 Å². The average Bonchev–Trinajstić information content (AvgIpc) is 2.61. The minimum absolute atomic E-state index is 1.26. The highest BCUT2D eigenvalue weighted by molar-refractivity contribution is 6.16. The van der Waals surface area contributed by atoms with Crippen molar-refractivity contribution in [3.05, 3.63) is 66.2 Å². The molecule has 0 aliphatic carbocycles. The third-order valence-corrected chi connectivity index (χ3v) is 5.30. The average molecular weight is 311 g/mol. The third kappa shape index (κ3) is 1.58. The molecule has 0 bridgehead atoms. The van der Waals surface area contributed by atoms with Crippen LogP contribution < -0.4 is 9.47 Å². The van der Waals surface area contributed by atoms with Crippen molar-refractivity contribution in [1.29, 1.82) is 0 Å². The Morgan fingerprint density at radius 2 is 1.62 bits per heavy atom. The van der Waals surface area contributed by atoms with Gasteiger partial charge in [-0.3, -0.25) is 0 Å². The lowest BCUT2D eigenvalue weighted by molar-refractivity contribution is -0.617. The number of fused-ring (bicyclic) bond motifs is 4. The highest BCUT2D eigenvalue weighted by Gasteiger charge is 2.28. The first-order valence-electron chi connectivity index (χ1n) is 8.35. The SMILES string of the molecule is Cc1ccc2c(c1)N(C)c1c3ccccc3[n+](C)c3cccc-2c13. The second-order valence-electron chi connectivity index (χ2n) is 6.70. The maximum atomic E-state index is 2.36. The van der Waals surface area contributed by atoms with Crippen LogP contribution in [0.3, 0.4) is 0 Å². The Bertz CT molecular complexity index is 1140. The van der Waals surface area contributed by atoms with Gasteiger partial charge in [0.1, 0.15) is 7.05 Å². The molecule has 2 heteroatoms. The molecule has 0 atom stereocenters. The molecule has 0 saturated carbocycles. The molecule has 1 aliphatic heterocycles. The Hall–Kier alpha value is -2.87. The molecule has 0 fully saturated rings. The van der Waals surface area contributed by atoms with Gasteiger partial charge in [-0.05, 0) is 30.2 Å². The van der Waals surface area contributed by atoms with Crippen molar-refractivity contribution in [3.63, 3.8) is 0 Å². The summed E-state index contributed by atoms with van der Waals surface area (Å²) in [5.41, 5.74) is 9.08. The molecule has 116 valence electrons. The second-order valence-corrected chi connectivity index (χ2v) is 6.70. The van der Waals surface area contributed by atoms with E-state index in [0.717, 1.165) is 0 Å². The van der Waals surface area contributed by atoms with E-state index in [1.807, 2.05) is 0 Å². The zero-order valence-electron chi connectivity index (χ0n) is 14.2. The zero-order valence-corrected chi connectivity index (χ0v) is 14.2. The summed E-state index contributed by atoms with van der Waals surface area (Å²) >= 11 is 0. The number of pyridine rings is 1. The van der Waals surface area contributed by atoms with Crippen molar-refractivity contribution in [2.45, 2.75) is 6.92 Å². The summed E-state index contributed by atoms with van der Waals surface area (Å²) in [7, 11) is 4.35. The van der Waals surface area contributed by atoms with Crippen molar-refractivity contribution in [2.75, 3.05) is 11.9 Å². The van der Waals surface area contributed by atoms with Crippen molar-refractivity contribution < 1.29 is 4.57 Å². The predicted octanol–water partition coefficient (Wildman–Crippen LogP) is 4.87. The van der Waals surface area contributed by atoms with Crippen molar-refractivity contribution >= 4 is 33.2 Å². The van der Waals surface area contributed by atoms with Crippen LogP contribution in [0.4, 0.5) is 11.4 Å².